The Morgan fingerprint density at radius 1 is 1.35 bits per heavy atom. The van der Waals surface area contributed by atoms with E-state index in [1.807, 2.05) is 19.1 Å². The lowest BCUT2D eigenvalue weighted by Gasteiger charge is -2.16. The standard InChI is InChI=1S/C16H24BrNO2/c1-5-19-15-8-6-7-14(10-18-9-12(2)3)16(15)20-11-13(4)17/h6-8,12,18H,4-5,9-11H2,1-3H3. The van der Waals surface area contributed by atoms with Gasteiger partial charge in [0.1, 0.15) is 6.61 Å². The van der Waals surface area contributed by atoms with Crippen LogP contribution in [0.1, 0.15) is 26.3 Å². The van der Waals surface area contributed by atoms with Gasteiger partial charge in [0.2, 0.25) is 0 Å². The Bertz CT molecular complexity index is 432. The van der Waals surface area contributed by atoms with E-state index in [0.29, 0.717) is 19.1 Å². The van der Waals surface area contributed by atoms with Gasteiger partial charge in [-0.05, 0) is 25.5 Å². The molecule has 20 heavy (non-hydrogen) atoms. The van der Waals surface area contributed by atoms with E-state index in [-0.39, 0.29) is 0 Å². The normalized spacial score (nSPS) is 10.7. The van der Waals surface area contributed by atoms with Crippen molar-refractivity contribution in [3.05, 3.63) is 34.8 Å². The van der Waals surface area contributed by atoms with Crippen molar-refractivity contribution in [2.45, 2.75) is 27.3 Å². The molecule has 0 aromatic heterocycles. The smallest absolute Gasteiger partial charge is 0.166 e. The lowest BCUT2D eigenvalue weighted by Crippen LogP contribution is -2.19. The predicted octanol–water partition coefficient (Wildman–Crippen LogP) is 4.12. The number of nitrogens with one attached hydrogen (secondary N) is 1. The van der Waals surface area contributed by atoms with Gasteiger partial charge in [-0.25, -0.2) is 0 Å². The van der Waals surface area contributed by atoms with Gasteiger partial charge in [-0.1, -0.05) is 48.5 Å². The molecule has 0 heterocycles. The third-order valence-electron chi connectivity index (χ3n) is 2.60. The molecule has 0 unspecified atom stereocenters. The van der Waals surface area contributed by atoms with Crippen molar-refractivity contribution in [2.75, 3.05) is 19.8 Å². The highest BCUT2D eigenvalue weighted by atomic mass is 79.9. The maximum absolute atomic E-state index is 5.83. The number of rotatable bonds is 9. The van der Waals surface area contributed by atoms with E-state index in [1.165, 1.54) is 0 Å². The van der Waals surface area contributed by atoms with Gasteiger partial charge >= 0.3 is 0 Å². The van der Waals surface area contributed by atoms with Crippen LogP contribution < -0.4 is 14.8 Å². The van der Waals surface area contributed by atoms with E-state index >= 15 is 0 Å². The summed E-state index contributed by atoms with van der Waals surface area (Å²) >= 11 is 3.32. The van der Waals surface area contributed by atoms with Gasteiger partial charge in [0.25, 0.3) is 0 Å². The maximum atomic E-state index is 5.83. The first-order valence-corrected chi connectivity index (χ1v) is 7.75. The molecule has 1 rings (SSSR count). The molecule has 4 heteroatoms. The van der Waals surface area contributed by atoms with Crippen LogP contribution in [-0.2, 0) is 6.54 Å². The monoisotopic (exact) mass is 341 g/mol. The highest BCUT2D eigenvalue weighted by Gasteiger charge is 2.11. The zero-order chi connectivity index (χ0) is 15.0. The van der Waals surface area contributed by atoms with Crippen LogP contribution in [0.5, 0.6) is 11.5 Å². The van der Waals surface area contributed by atoms with Gasteiger partial charge in [-0.3, -0.25) is 0 Å². The van der Waals surface area contributed by atoms with Gasteiger partial charge in [0.05, 0.1) is 6.61 Å². The van der Waals surface area contributed by atoms with Crippen LogP contribution in [0, 0.1) is 5.92 Å². The average molecular weight is 342 g/mol. The van der Waals surface area contributed by atoms with Crippen LogP contribution in [0.15, 0.2) is 29.3 Å². The maximum Gasteiger partial charge on any atom is 0.166 e. The first-order valence-electron chi connectivity index (χ1n) is 6.96. The minimum Gasteiger partial charge on any atom is -0.490 e. The van der Waals surface area contributed by atoms with E-state index in [9.17, 15) is 0 Å². The Kier molecular flexibility index (Phi) is 7.70. The van der Waals surface area contributed by atoms with Crippen LogP contribution in [0.4, 0.5) is 0 Å². The van der Waals surface area contributed by atoms with Crippen LogP contribution in [0.2, 0.25) is 0 Å². The van der Waals surface area contributed by atoms with E-state index in [2.05, 4.69) is 47.7 Å². The third-order valence-corrected chi connectivity index (χ3v) is 2.83. The number of hydrogen-bond donors (Lipinski definition) is 1. The Morgan fingerprint density at radius 2 is 2.10 bits per heavy atom. The molecular weight excluding hydrogens is 318 g/mol. The Balaban J connectivity index is 2.83. The van der Waals surface area contributed by atoms with Crippen LogP contribution >= 0.6 is 15.9 Å². The zero-order valence-corrected chi connectivity index (χ0v) is 14.1. The summed E-state index contributed by atoms with van der Waals surface area (Å²) in [4.78, 5) is 0. The van der Waals surface area contributed by atoms with Crippen molar-refractivity contribution in [2.24, 2.45) is 5.92 Å². The summed E-state index contributed by atoms with van der Waals surface area (Å²) in [5, 5.41) is 3.43. The van der Waals surface area contributed by atoms with Crippen molar-refractivity contribution in [1.29, 1.82) is 0 Å². The number of halogens is 1. The second-order valence-electron chi connectivity index (χ2n) is 5.01. The number of hydrogen-bond acceptors (Lipinski definition) is 3. The van der Waals surface area contributed by atoms with Crippen molar-refractivity contribution >= 4 is 15.9 Å². The fourth-order valence-electron chi connectivity index (χ4n) is 1.78. The molecule has 0 radical (unpaired) electrons. The van der Waals surface area contributed by atoms with E-state index in [0.717, 1.165) is 34.6 Å². The zero-order valence-electron chi connectivity index (χ0n) is 12.5. The minimum absolute atomic E-state index is 0.432. The third kappa shape index (κ3) is 5.97. The van der Waals surface area contributed by atoms with Gasteiger partial charge in [0, 0.05) is 16.6 Å². The topological polar surface area (TPSA) is 30.5 Å². The van der Waals surface area contributed by atoms with Gasteiger partial charge in [-0.2, -0.15) is 0 Å². The second-order valence-corrected chi connectivity index (χ2v) is 6.13. The molecular formula is C16H24BrNO2. The number of ether oxygens (including phenoxy) is 2. The second kappa shape index (κ2) is 9.03. The molecule has 0 aliphatic heterocycles. The molecule has 0 spiro atoms. The summed E-state index contributed by atoms with van der Waals surface area (Å²) in [6.07, 6.45) is 0. The molecule has 0 atom stereocenters. The van der Waals surface area contributed by atoms with Gasteiger partial charge in [-0.15, -0.1) is 0 Å². The number of para-hydroxylation sites is 1. The Morgan fingerprint density at radius 3 is 2.70 bits per heavy atom. The van der Waals surface area contributed by atoms with Crippen LogP contribution in [0.3, 0.4) is 0 Å². The SMILES string of the molecule is C=C(Br)COc1c(CNCC(C)C)cccc1OCC. The summed E-state index contributed by atoms with van der Waals surface area (Å²) in [7, 11) is 0. The van der Waals surface area contributed by atoms with E-state index in [4.69, 9.17) is 9.47 Å². The minimum atomic E-state index is 0.432. The molecule has 0 saturated carbocycles. The summed E-state index contributed by atoms with van der Waals surface area (Å²) in [6.45, 7) is 12.9. The molecule has 1 aromatic carbocycles. The molecule has 0 bridgehead atoms. The fraction of sp³-hybridized carbons (Fsp3) is 0.500. The molecule has 1 aromatic rings. The molecule has 0 aliphatic carbocycles. The number of benzene rings is 1. The van der Waals surface area contributed by atoms with Crippen LogP contribution in [0.25, 0.3) is 0 Å². The summed E-state index contributed by atoms with van der Waals surface area (Å²) < 4.78 is 12.3. The summed E-state index contributed by atoms with van der Waals surface area (Å²) in [5.41, 5.74) is 1.10. The van der Waals surface area contributed by atoms with E-state index in [1.54, 1.807) is 0 Å². The molecule has 3 nitrogen and oxygen atoms in total. The first kappa shape index (κ1) is 17.1. The summed E-state index contributed by atoms with van der Waals surface area (Å²) in [5.74, 6) is 2.20. The predicted molar refractivity (Wildman–Crippen MR) is 87.7 cm³/mol. The van der Waals surface area contributed by atoms with Crippen molar-refractivity contribution in [1.82, 2.24) is 5.32 Å². The average Bonchev–Trinajstić information content (AvgIpc) is 2.37. The lowest BCUT2D eigenvalue weighted by molar-refractivity contribution is 0.293. The Labute approximate surface area is 130 Å². The molecule has 0 aliphatic rings. The molecule has 0 fully saturated rings. The molecule has 0 saturated heterocycles. The van der Waals surface area contributed by atoms with Gasteiger partial charge in [0.15, 0.2) is 11.5 Å². The highest BCUT2D eigenvalue weighted by Crippen LogP contribution is 2.32. The summed E-state index contributed by atoms with van der Waals surface area (Å²) in [6, 6.07) is 5.98. The molecule has 112 valence electrons. The largest absolute Gasteiger partial charge is 0.490 e. The molecule has 1 N–H and O–H groups in total. The highest BCUT2D eigenvalue weighted by molar-refractivity contribution is 9.11. The lowest BCUT2D eigenvalue weighted by atomic mass is 10.1. The van der Waals surface area contributed by atoms with Crippen molar-refractivity contribution in [3.8, 4) is 11.5 Å². The van der Waals surface area contributed by atoms with E-state index < -0.39 is 0 Å². The fourth-order valence-corrected chi connectivity index (χ4v) is 1.89. The quantitative estimate of drug-likeness (QED) is 0.732. The van der Waals surface area contributed by atoms with Crippen LogP contribution in [-0.4, -0.2) is 19.8 Å². The van der Waals surface area contributed by atoms with Gasteiger partial charge < -0.3 is 14.8 Å². The molecule has 0 amide bonds. The van der Waals surface area contributed by atoms with Crippen molar-refractivity contribution in [3.63, 3.8) is 0 Å². The Hall–Kier alpha value is -1.00. The first-order chi connectivity index (χ1) is 9.54. The van der Waals surface area contributed by atoms with Crippen molar-refractivity contribution < 1.29 is 9.47 Å².